The highest BCUT2D eigenvalue weighted by atomic mass is 35.5. The first kappa shape index (κ1) is 18.6. The number of hydrogen-bond donors (Lipinski definition) is 1. The third-order valence-corrected chi connectivity index (χ3v) is 5.11. The van der Waals surface area contributed by atoms with E-state index in [0.29, 0.717) is 26.9 Å². The summed E-state index contributed by atoms with van der Waals surface area (Å²) >= 11 is 12.2. The van der Waals surface area contributed by atoms with Crippen molar-refractivity contribution in [1.82, 2.24) is 0 Å². The summed E-state index contributed by atoms with van der Waals surface area (Å²) in [5.74, 6) is 0.698. The van der Waals surface area contributed by atoms with Crippen molar-refractivity contribution in [3.63, 3.8) is 0 Å². The number of benzene rings is 3. The highest BCUT2D eigenvalue weighted by Gasteiger charge is 2.26. The van der Waals surface area contributed by atoms with Gasteiger partial charge in [-0.2, -0.15) is 0 Å². The second-order valence-corrected chi connectivity index (χ2v) is 7.59. The Balaban J connectivity index is 2.17. The lowest BCUT2D eigenvalue weighted by Crippen LogP contribution is -2.19. The van der Waals surface area contributed by atoms with Crippen molar-refractivity contribution in [2.75, 3.05) is 7.11 Å². The van der Waals surface area contributed by atoms with Crippen LogP contribution in [0.4, 0.5) is 0 Å². The van der Waals surface area contributed by atoms with Gasteiger partial charge in [-0.15, -0.1) is 0 Å². The molecule has 3 aromatic rings. The number of hydrogen-bond acceptors (Lipinski definition) is 2. The van der Waals surface area contributed by atoms with Crippen molar-refractivity contribution in [3.05, 3.63) is 81.8 Å². The minimum Gasteiger partial charge on any atom is -0.507 e. The smallest absolute Gasteiger partial charge is 0.130 e. The summed E-state index contributed by atoms with van der Waals surface area (Å²) in [6, 6.07) is 19.1. The zero-order chi connectivity index (χ0) is 18.9. The van der Waals surface area contributed by atoms with Crippen LogP contribution in [-0.2, 0) is 5.41 Å². The molecule has 3 aromatic carbocycles. The largest absolute Gasteiger partial charge is 0.507 e. The molecule has 0 saturated carbocycles. The van der Waals surface area contributed by atoms with E-state index >= 15 is 0 Å². The molecule has 0 aliphatic carbocycles. The number of ether oxygens (including phenoxy) is 1. The van der Waals surface area contributed by atoms with Crippen LogP contribution in [-0.4, -0.2) is 12.2 Å². The van der Waals surface area contributed by atoms with E-state index in [1.807, 2.05) is 24.3 Å². The third-order valence-electron chi connectivity index (χ3n) is 4.67. The molecule has 4 heteroatoms. The molecule has 26 heavy (non-hydrogen) atoms. The molecule has 0 atom stereocenters. The minimum atomic E-state index is -0.295. The van der Waals surface area contributed by atoms with E-state index in [2.05, 4.69) is 26.0 Å². The molecule has 0 amide bonds. The monoisotopic (exact) mass is 386 g/mol. The Morgan fingerprint density at radius 3 is 2.04 bits per heavy atom. The summed E-state index contributed by atoms with van der Waals surface area (Å²) in [7, 11) is 1.59. The van der Waals surface area contributed by atoms with Crippen LogP contribution in [0.5, 0.6) is 11.5 Å². The Bertz CT molecular complexity index is 914. The van der Waals surface area contributed by atoms with Crippen molar-refractivity contribution in [1.29, 1.82) is 0 Å². The Labute approximate surface area is 164 Å². The normalized spacial score (nSPS) is 11.4. The van der Waals surface area contributed by atoms with Crippen LogP contribution in [0.3, 0.4) is 0 Å². The molecule has 0 aliphatic heterocycles. The highest BCUT2D eigenvalue weighted by molar-refractivity contribution is 6.35. The lowest BCUT2D eigenvalue weighted by Gasteiger charge is -2.27. The highest BCUT2D eigenvalue weighted by Crippen LogP contribution is 2.44. The molecule has 0 saturated heterocycles. The molecule has 0 bridgehead atoms. The number of phenols is 1. The van der Waals surface area contributed by atoms with Gasteiger partial charge >= 0.3 is 0 Å². The van der Waals surface area contributed by atoms with Crippen molar-refractivity contribution < 1.29 is 9.84 Å². The number of halogens is 2. The van der Waals surface area contributed by atoms with E-state index in [1.165, 1.54) is 0 Å². The summed E-state index contributed by atoms with van der Waals surface area (Å²) in [6.07, 6.45) is 0. The Hall–Kier alpha value is -2.16. The van der Waals surface area contributed by atoms with Gasteiger partial charge in [-0.25, -0.2) is 0 Å². The summed E-state index contributed by atoms with van der Waals surface area (Å²) in [6.45, 7) is 4.24. The van der Waals surface area contributed by atoms with Crippen LogP contribution in [0, 0.1) is 0 Å². The van der Waals surface area contributed by atoms with Crippen LogP contribution in [0.2, 0.25) is 10.0 Å². The lowest BCUT2D eigenvalue weighted by atomic mass is 9.77. The second-order valence-electron chi connectivity index (χ2n) is 6.72. The van der Waals surface area contributed by atoms with Gasteiger partial charge in [0.1, 0.15) is 11.5 Å². The van der Waals surface area contributed by atoms with Crippen molar-refractivity contribution in [3.8, 4) is 22.6 Å². The van der Waals surface area contributed by atoms with E-state index in [9.17, 15) is 5.11 Å². The molecule has 0 radical (unpaired) electrons. The molecule has 0 unspecified atom stereocenters. The van der Waals surface area contributed by atoms with Crippen molar-refractivity contribution in [2.24, 2.45) is 0 Å². The van der Waals surface area contributed by atoms with E-state index in [0.717, 1.165) is 11.1 Å². The van der Waals surface area contributed by atoms with Gasteiger partial charge in [0.2, 0.25) is 0 Å². The van der Waals surface area contributed by atoms with Crippen LogP contribution in [0.1, 0.15) is 25.0 Å². The summed E-state index contributed by atoms with van der Waals surface area (Å²) in [5.41, 5.74) is 3.09. The molecule has 0 heterocycles. The number of rotatable bonds is 4. The number of aromatic hydroxyl groups is 1. The Kier molecular flexibility index (Phi) is 5.17. The molecule has 2 nitrogen and oxygen atoms in total. The van der Waals surface area contributed by atoms with Gasteiger partial charge in [-0.1, -0.05) is 67.4 Å². The maximum atomic E-state index is 10.8. The predicted molar refractivity (Wildman–Crippen MR) is 109 cm³/mol. The maximum Gasteiger partial charge on any atom is 0.130 e. The fraction of sp³-hybridized carbons (Fsp3) is 0.182. The second kappa shape index (κ2) is 7.22. The minimum absolute atomic E-state index is 0.127. The van der Waals surface area contributed by atoms with Gasteiger partial charge in [0.15, 0.2) is 0 Å². The SMILES string of the molecule is COc1cc(C(C)(C)c2ccccc2)cc(O)c1-c1cc(Cl)cc(Cl)c1. The maximum absolute atomic E-state index is 10.8. The fourth-order valence-corrected chi connectivity index (χ4v) is 3.66. The molecule has 0 aliphatic rings. The summed E-state index contributed by atoms with van der Waals surface area (Å²) < 4.78 is 5.59. The molecule has 0 spiro atoms. The first-order valence-electron chi connectivity index (χ1n) is 8.26. The standard InChI is InChI=1S/C22H20Cl2O2/c1-22(2,15-7-5-4-6-8-15)16-11-19(25)21(20(12-16)26-3)14-9-17(23)13-18(24)10-14/h4-13,25H,1-3H3. The topological polar surface area (TPSA) is 29.5 Å². The van der Waals surface area contributed by atoms with E-state index in [-0.39, 0.29) is 11.2 Å². The zero-order valence-electron chi connectivity index (χ0n) is 14.9. The van der Waals surface area contributed by atoms with Gasteiger partial charge in [0.05, 0.1) is 12.7 Å². The van der Waals surface area contributed by atoms with Crippen molar-refractivity contribution in [2.45, 2.75) is 19.3 Å². The van der Waals surface area contributed by atoms with Gasteiger partial charge in [-0.3, -0.25) is 0 Å². The average molecular weight is 387 g/mol. The van der Waals surface area contributed by atoms with Gasteiger partial charge in [0.25, 0.3) is 0 Å². The molecule has 0 fully saturated rings. The van der Waals surface area contributed by atoms with Crippen LogP contribution in [0.25, 0.3) is 11.1 Å². The van der Waals surface area contributed by atoms with Gasteiger partial charge < -0.3 is 9.84 Å². The average Bonchev–Trinajstić information content (AvgIpc) is 2.60. The first-order valence-corrected chi connectivity index (χ1v) is 9.02. The van der Waals surface area contributed by atoms with Crippen LogP contribution >= 0.6 is 23.2 Å². The summed E-state index contributed by atoms with van der Waals surface area (Å²) in [5, 5.41) is 11.8. The van der Waals surface area contributed by atoms with E-state index < -0.39 is 0 Å². The Morgan fingerprint density at radius 1 is 0.846 bits per heavy atom. The van der Waals surface area contributed by atoms with E-state index in [1.54, 1.807) is 31.4 Å². The predicted octanol–water partition coefficient (Wildman–Crippen LogP) is 6.70. The van der Waals surface area contributed by atoms with Crippen molar-refractivity contribution >= 4 is 23.2 Å². The molecule has 3 rings (SSSR count). The lowest BCUT2D eigenvalue weighted by molar-refractivity contribution is 0.408. The number of methoxy groups -OCH3 is 1. The van der Waals surface area contributed by atoms with E-state index in [4.69, 9.17) is 27.9 Å². The summed E-state index contributed by atoms with van der Waals surface area (Å²) in [4.78, 5) is 0. The van der Waals surface area contributed by atoms with Crippen LogP contribution in [0.15, 0.2) is 60.7 Å². The first-order chi connectivity index (χ1) is 12.3. The molecule has 1 N–H and O–H groups in total. The van der Waals surface area contributed by atoms with Crippen LogP contribution < -0.4 is 4.74 Å². The zero-order valence-corrected chi connectivity index (χ0v) is 16.4. The third kappa shape index (κ3) is 3.53. The quantitative estimate of drug-likeness (QED) is 0.540. The molecule has 134 valence electrons. The van der Waals surface area contributed by atoms with Gasteiger partial charge in [-0.05, 0) is 47.0 Å². The number of phenolic OH excluding ortho intramolecular Hbond substituents is 1. The Morgan fingerprint density at radius 2 is 1.46 bits per heavy atom. The molecule has 0 aromatic heterocycles. The molecular formula is C22H20Cl2O2. The van der Waals surface area contributed by atoms with Gasteiger partial charge in [0, 0.05) is 15.5 Å². The molecular weight excluding hydrogens is 367 g/mol. The fourth-order valence-electron chi connectivity index (χ4n) is 3.13.